The molecule has 2 atom stereocenters. The van der Waals surface area contributed by atoms with Crippen LogP contribution in [0.5, 0.6) is 0 Å². The van der Waals surface area contributed by atoms with Crippen molar-refractivity contribution in [2.75, 3.05) is 0 Å². The van der Waals surface area contributed by atoms with Crippen LogP contribution in [0.4, 0.5) is 0 Å². The average Bonchev–Trinajstić information content (AvgIpc) is 2.14. The standard InChI is InChI=1S/C10H13BrO.C2H4/c11-10-3-6-1-7(4-10)9(12)8(2-6)5-10;1-2/h6-8H,1-5H2;1-2H2. The van der Waals surface area contributed by atoms with E-state index in [0.717, 1.165) is 18.8 Å². The van der Waals surface area contributed by atoms with Gasteiger partial charge in [0, 0.05) is 16.2 Å². The molecule has 0 aromatic rings. The Morgan fingerprint density at radius 1 is 1.14 bits per heavy atom. The summed E-state index contributed by atoms with van der Waals surface area (Å²) in [6.45, 7) is 6.00. The summed E-state index contributed by atoms with van der Waals surface area (Å²) in [5.41, 5.74) is 0. The number of hydrogen-bond donors (Lipinski definition) is 0. The molecule has 1 nitrogen and oxygen atoms in total. The summed E-state index contributed by atoms with van der Waals surface area (Å²) >= 11 is 3.83. The van der Waals surface area contributed by atoms with E-state index in [4.69, 9.17) is 0 Å². The van der Waals surface area contributed by atoms with Crippen LogP contribution in [0.2, 0.25) is 0 Å². The molecule has 4 aliphatic rings. The molecule has 0 radical (unpaired) electrons. The van der Waals surface area contributed by atoms with E-state index in [1.165, 1.54) is 19.3 Å². The maximum Gasteiger partial charge on any atom is 0.139 e. The van der Waals surface area contributed by atoms with Gasteiger partial charge in [0.1, 0.15) is 5.78 Å². The summed E-state index contributed by atoms with van der Waals surface area (Å²) in [4.78, 5) is 11.7. The first-order valence-corrected chi connectivity index (χ1v) is 6.18. The topological polar surface area (TPSA) is 17.1 Å². The molecule has 4 rings (SSSR count). The van der Waals surface area contributed by atoms with Gasteiger partial charge in [-0.1, -0.05) is 15.9 Å². The molecule has 4 fully saturated rings. The van der Waals surface area contributed by atoms with Gasteiger partial charge < -0.3 is 0 Å². The first-order valence-electron chi connectivity index (χ1n) is 5.39. The second-order valence-electron chi connectivity index (χ2n) is 4.90. The molecule has 0 spiro atoms. The second-order valence-corrected chi connectivity index (χ2v) is 6.58. The average molecular weight is 257 g/mol. The summed E-state index contributed by atoms with van der Waals surface area (Å²) in [7, 11) is 0. The van der Waals surface area contributed by atoms with Gasteiger partial charge in [-0.3, -0.25) is 4.79 Å². The fourth-order valence-electron chi connectivity index (χ4n) is 3.65. The molecule has 0 aromatic carbocycles. The van der Waals surface area contributed by atoms with E-state index in [9.17, 15) is 4.79 Å². The highest BCUT2D eigenvalue weighted by Gasteiger charge is 2.53. The predicted molar refractivity (Wildman–Crippen MR) is 61.5 cm³/mol. The summed E-state index contributed by atoms with van der Waals surface area (Å²) < 4.78 is 0.372. The first-order chi connectivity index (χ1) is 6.66. The molecule has 0 N–H and O–H groups in total. The molecule has 0 amide bonds. The van der Waals surface area contributed by atoms with Crippen molar-refractivity contribution in [2.24, 2.45) is 17.8 Å². The Kier molecular flexibility index (Phi) is 2.59. The zero-order valence-corrected chi connectivity index (χ0v) is 10.1. The lowest BCUT2D eigenvalue weighted by Gasteiger charge is -2.53. The third-order valence-corrected chi connectivity index (χ3v) is 4.89. The molecule has 0 aromatic heterocycles. The predicted octanol–water partition coefficient (Wildman–Crippen LogP) is 3.33. The maximum absolute atomic E-state index is 11.7. The Labute approximate surface area is 94.1 Å². The van der Waals surface area contributed by atoms with Gasteiger partial charge >= 0.3 is 0 Å². The Hall–Kier alpha value is -0.110. The first kappa shape index (κ1) is 10.4. The normalized spacial score (nSPS) is 48.6. The van der Waals surface area contributed by atoms with Gasteiger partial charge in [-0.05, 0) is 38.0 Å². The van der Waals surface area contributed by atoms with E-state index in [1.807, 2.05) is 0 Å². The van der Waals surface area contributed by atoms with Crippen LogP contribution in [0.25, 0.3) is 0 Å². The molecule has 2 heteroatoms. The Balaban J connectivity index is 0.000000354. The minimum atomic E-state index is 0.372. The molecule has 14 heavy (non-hydrogen) atoms. The molecule has 78 valence electrons. The van der Waals surface area contributed by atoms with Crippen LogP contribution in [0.3, 0.4) is 0 Å². The summed E-state index contributed by atoms with van der Waals surface area (Å²) in [6, 6.07) is 0. The zero-order chi connectivity index (χ0) is 10.3. The fourth-order valence-corrected chi connectivity index (χ4v) is 4.89. The molecule has 0 saturated heterocycles. The lowest BCUT2D eigenvalue weighted by Crippen LogP contribution is -2.52. The minimum absolute atomic E-state index is 0.372. The Morgan fingerprint density at radius 2 is 1.64 bits per heavy atom. The van der Waals surface area contributed by atoms with E-state index in [2.05, 4.69) is 29.1 Å². The van der Waals surface area contributed by atoms with Crippen molar-refractivity contribution in [3.05, 3.63) is 13.2 Å². The van der Waals surface area contributed by atoms with Gasteiger partial charge in [-0.15, -0.1) is 13.2 Å². The van der Waals surface area contributed by atoms with Crippen LogP contribution in [0.1, 0.15) is 32.1 Å². The third-order valence-electron chi connectivity index (χ3n) is 3.92. The number of ketones is 1. The Bertz CT molecular complexity index is 243. The lowest BCUT2D eigenvalue weighted by molar-refractivity contribution is -0.138. The second kappa shape index (κ2) is 3.48. The molecule has 0 heterocycles. The van der Waals surface area contributed by atoms with Crippen molar-refractivity contribution in [1.29, 1.82) is 0 Å². The summed E-state index contributed by atoms with van der Waals surface area (Å²) in [5, 5.41) is 0. The van der Waals surface area contributed by atoms with Crippen LogP contribution >= 0.6 is 15.9 Å². The summed E-state index contributed by atoms with van der Waals surface area (Å²) in [6.07, 6.45) is 5.97. The smallest absolute Gasteiger partial charge is 0.139 e. The highest BCUT2D eigenvalue weighted by molar-refractivity contribution is 9.10. The maximum atomic E-state index is 11.7. The van der Waals surface area contributed by atoms with Crippen molar-refractivity contribution in [3.8, 4) is 0 Å². The molecule has 4 saturated carbocycles. The van der Waals surface area contributed by atoms with Gasteiger partial charge in [0.25, 0.3) is 0 Å². The quantitative estimate of drug-likeness (QED) is 0.480. The van der Waals surface area contributed by atoms with Crippen molar-refractivity contribution < 1.29 is 4.79 Å². The SMILES string of the molecule is C=C.O=C1C2CC3CC1CC(Br)(C3)C2. The lowest BCUT2D eigenvalue weighted by atomic mass is 9.55. The minimum Gasteiger partial charge on any atom is -0.299 e. The van der Waals surface area contributed by atoms with Crippen molar-refractivity contribution in [1.82, 2.24) is 0 Å². The van der Waals surface area contributed by atoms with Gasteiger partial charge in [0.15, 0.2) is 0 Å². The van der Waals surface area contributed by atoms with E-state index >= 15 is 0 Å². The Morgan fingerprint density at radius 3 is 2.07 bits per heavy atom. The highest BCUT2D eigenvalue weighted by Crippen LogP contribution is 2.57. The summed E-state index contributed by atoms with van der Waals surface area (Å²) in [5.74, 6) is 2.30. The van der Waals surface area contributed by atoms with Crippen molar-refractivity contribution in [3.63, 3.8) is 0 Å². The highest BCUT2D eigenvalue weighted by atomic mass is 79.9. The van der Waals surface area contributed by atoms with Crippen LogP contribution < -0.4 is 0 Å². The number of alkyl halides is 1. The molecule has 4 bridgehead atoms. The van der Waals surface area contributed by atoms with Gasteiger partial charge in [0.2, 0.25) is 0 Å². The van der Waals surface area contributed by atoms with Gasteiger partial charge in [-0.25, -0.2) is 0 Å². The van der Waals surface area contributed by atoms with Crippen LogP contribution in [0.15, 0.2) is 13.2 Å². The number of hydrogen-bond acceptors (Lipinski definition) is 1. The van der Waals surface area contributed by atoms with Gasteiger partial charge in [-0.2, -0.15) is 0 Å². The van der Waals surface area contributed by atoms with Crippen molar-refractivity contribution >= 4 is 21.7 Å². The number of carbonyl (C=O) groups is 1. The van der Waals surface area contributed by atoms with Gasteiger partial charge in [0.05, 0.1) is 0 Å². The number of carbonyl (C=O) groups excluding carboxylic acids is 1. The van der Waals surface area contributed by atoms with Crippen LogP contribution in [-0.4, -0.2) is 10.1 Å². The van der Waals surface area contributed by atoms with Crippen LogP contribution in [-0.2, 0) is 4.79 Å². The van der Waals surface area contributed by atoms with E-state index in [1.54, 1.807) is 0 Å². The molecule has 4 aliphatic carbocycles. The number of Topliss-reactive ketones (excluding diaryl/α,β-unsaturated/α-hetero) is 1. The van der Waals surface area contributed by atoms with E-state index in [-0.39, 0.29) is 0 Å². The van der Waals surface area contributed by atoms with E-state index in [0.29, 0.717) is 21.9 Å². The molecular formula is C12H17BrO. The molecule has 0 aliphatic heterocycles. The van der Waals surface area contributed by atoms with E-state index < -0.39 is 0 Å². The fraction of sp³-hybridized carbons (Fsp3) is 0.750. The largest absolute Gasteiger partial charge is 0.299 e. The molecular weight excluding hydrogens is 240 g/mol. The third kappa shape index (κ3) is 1.48. The molecule has 2 unspecified atom stereocenters. The number of halogens is 1. The monoisotopic (exact) mass is 256 g/mol. The number of rotatable bonds is 0. The van der Waals surface area contributed by atoms with Crippen molar-refractivity contribution in [2.45, 2.75) is 36.4 Å². The van der Waals surface area contributed by atoms with Crippen LogP contribution in [0, 0.1) is 17.8 Å². The zero-order valence-electron chi connectivity index (χ0n) is 8.47.